The second-order valence-corrected chi connectivity index (χ2v) is 13.1. The number of alkyl halides is 3. The number of nitriles is 1. The molecule has 0 aliphatic rings. The van der Waals surface area contributed by atoms with E-state index in [1.165, 1.54) is 6.07 Å². The van der Waals surface area contributed by atoms with Crippen molar-refractivity contribution in [2.24, 2.45) is 0 Å². The van der Waals surface area contributed by atoms with Gasteiger partial charge in [0.1, 0.15) is 0 Å². The van der Waals surface area contributed by atoms with Gasteiger partial charge in [0.05, 0.1) is 51.6 Å². The van der Waals surface area contributed by atoms with E-state index in [2.05, 4.69) is 44.3 Å². The van der Waals surface area contributed by atoms with E-state index in [4.69, 9.17) is 6.57 Å². The molecule has 0 spiro atoms. The Morgan fingerprint density at radius 1 is 0.580 bits per heavy atom. The lowest BCUT2D eigenvalue weighted by Crippen LogP contribution is -2.07. The van der Waals surface area contributed by atoms with E-state index in [-0.39, 0.29) is 5.69 Å². The summed E-state index contributed by atoms with van der Waals surface area (Å²) in [6, 6.07) is 34.1. The molecule has 2 aromatic heterocycles. The maximum atomic E-state index is 14.0. The first-order valence-electron chi connectivity index (χ1n) is 16.2. The summed E-state index contributed by atoms with van der Waals surface area (Å²) < 4.78 is 46.2. The molecule has 4 nitrogen and oxygen atoms in total. The molecule has 8 rings (SSSR count). The Kier molecular flexibility index (Phi) is 6.89. The van der Waals surface area contributed by atoms with Crippen LogP contribution in [-0.2, 0) is 6.18 Å². The highest BCUT2D eigenvalue weighted by atomic mass is 19.4. The van der Waals surface area contributed by atoms with Crippen LogP contribution in [-0.4, -0.2) is 9.13 Å². The number of aromatic nitrogens is 2. The summed E-state index contributed by atoms with van der Waals surface area (Å²) in [5.74, 6) is 0. The Balaban J connectivity index is 1.62. The topological polar surface area (TPSA) is 38.0 Å². The van der Waals surface area contributed by atoms with Gasteiger partial charge in [-0.2, -0.15) is 18.4 Å². The summed E-state index contributed by atoms with van der Waals surface area (Å²) in [5.41, 5.74) is 9.25. The Morgan fingerprint density at radius 3 is 1.32 bits per heavy atom. The number of aryl methyl sites for hydroxylation is 4. The lowest BCUT2D eigenvalue weighted by atomic mass is 9.95. The molecule has 0 radical (unpaired) electrons. The molecule has 0 N–H and O–H groups in total. The largest absolute Gasteiger partial charge is 0.415 e. The molecular formula is C43H29F3N4. The van der Waals surface area contributed by atoms with Gasteiger partial charge in [0.15, 0.2) is 5.69 Å². The van der Waals surface area contributed by atoms with Crippen LogP contribution in [0.1, 0.15) is 33.4 Å². The number of hydrogen-bond donors (Lipinski definition) is 0. The molecule has 7 heteroatoms. The average molecular weight is 659 g/mol. The van der Waals surface area contributed by atoms with Crippen molar-refractivity contribution >= 4 is 49.3 Å². The predicted molar refractivity (Wildman–Crippen MR) is 195 cm³/mol. The number of rotatable bonds is 3. The third kappa shape index (κ3) is 4.74. The fraction of sp³-hybridized carbons (Fsp3) is 0.116. The van der Waals surface area contributed by atoms with Gasteiger partial charge in [-0.1, -0.05) is 58.7 Å². The van der Waals surface area contributed by atoms with Gasteiger partial charge < -0.3 is 9.13 Å². The molecule has 2 heterocycles. The summed E-state index contributed by atoms with van der Waals surface area (Å²) >= 11 is 0. The van der Waals surface area contributed by atoms with Crippen molar-refractivity contribution in [1.29, 1.82) is 5.26 Å². The van der Waals surface area contributed by atoms with E-state index in [0.29, 0.717) is 28.1 Å². The van der Waals surface area contributed by atoms with Crippen LogP contribution < -0.4 is 0 Å². The molecule has 0 bridgehead atoms. The van der Waals surface area contributed by atoms with Gasteiger partial charge in [0.25, 0.3) is 0 Å². The lowest BCUT2D eigenvalue weighted by molar-refractivity contribution is -0.137. The molecule has 0 saturated carbocycles. The van der Waals surface area contributed by atoms with E-state index < -0.39 is 11.7 Å². The number of fused-ring (bicyclic) bond motifs is 6. The maximum Gasteiger partial charge on any atom is 0.415 e. The molecule has 0 fully saturated rings. The Hall–Kier alpha value is -6.31. The third-order valence-corrected chi connectivity index (χ3v) is 9.57. The normalized spacial score (nSPS) is 11.9. The minimum atomic E-state index is -4.63. The van der Waals surface area contributed by atoms with Crippen LogP contribution in [0.15, 0.2) is 103 Å². The molecule has 0 aliphatic carbocycles. The summed E-state index contributed by atoms with van der Waals surface area (Å²) in [7, 11) is 0. The molecular weight excluding hydrogens is 629 g/mol. The Labute approximate surface area is 286 Å². The highest BCUT2D eigenvalue weighted by molar-refractivity contribution is 6.12. The van der Waals surface area contributed by atoms with Crippen LogP contribution in [0.5, 0.6) is 0 Å². The molecule has 242 valence electrons. The first kappa shape index (κ1) is 31.0. The predicted octanol–water partition coefficient (Wildman–Crippen LogP) is 12.2. The van der Waals surface area contributed by atoms with Crippen LogP contribution in [0.2, 0.25) is 0 Å². The Morgan fingerprint density at radius 2 is 0.980 bits per heavy atom. The quantitative estimate of drug-likeness (QED) is 0.174. The van der Waals surface area contributed by atoms with Gasteiger partial charge in [-0.25, -0.2) is 4.85 Å². The molecule has 0 saturated heterocycles. The van der Waals surface area contributed by atoms with Crippen LogP contribution >= 0.6 is 0 Å². The zero-order valence-corrected chi connectivity index (χ0v) is 27.7. The van der Waals surface area contributed by atoms with Crippen LogP contribution in [0, 0.1) is 45.6 Å². The molecule has 8 aromatic rings. The standard InChI is InChI=1S/C43H29F3N4/c1-24-6-12-36-31(16-24)32-17-25(2)7-13-37(32)49(36)40-20-28(23-47)21-41(42(40)30-11-10-29(43(44,45)46)22-35(30)48-5)50-38-14-8-26(3)18-33(38)34-19-27(4)9-15-39(34)50/h6-22H,1-4H3. The van der Waals surface area contributed by atoms with Gasteiger partial charge in [-0.3, -0.25) is 0 Å². The molecule has 50 heavy (non-hydrogen) atoms. The molecule has 0 aliphatic heterocycles. The maximum absolute atomic E-state index is 14.0. The smallest absolute Gasteiger partial charge is 0.309 e. The van der Waals surface area contributed by atoms with Crippen molar-refractivity contribution in [1.82, 2.24) is 9.13 Å². The van der Waals surface area contributed by atoms with Crippen LogP contribution in [0.3, 0.4) is 0 Å². The minimum Gasteiger partial charge on any atom is -0.309 e. The van der Waals surface area contributed by atoms with Crippen LogP contribution in [0.25, 0.3) is 71.0 Å². The zero-order chi connectivity index (χ0) is 35.1. The second-order valence-electron chi connectivity index (χ2n) is 13.1. The van der Waals surface area contributed by atoms with Gasteiger partial charge in [0.2, 0.25) is 0 Å². The highest BCUT2D eigenvalue weighted by Crippen LogP contribution is 2.46. The highest BCUT2D eigenvalue weighted by Gasteiger charge is 2.32. The summed E-state index contributed by atoms with van der Waals surface area (Å²) in [4.78, 5) is 3.67. The zero-order valence-electron chi connectivity index (χ0n) is 27.7. The van der Waals surface area contributed by atoms with E-state index in [9.17, 15) is 18.4 Å². The fourth-order valence-corrected chi connectivity index (χ4v) is 7.34. The van der Waals surface area contributed by atoms with Gasteiger partial charge in [-0.05, 0) is 100.0 Å². The Bertz CT molecular complexity index is 2550. The van der Waals surface area contributed by atoms with Gasteiger partial charge >= 0.3 is 6.18 Å². The lowest BCUT2D eigenvalue weighted by Gasteiger charge is -2.22. The fourth-order valence-electron chi connectivity index (χ4n) is 7.34. The number of hydrogen-bond acceptors (Lipinski definition) is 1. The van der Waals surface area contributed by atoms with E-state index in [1.807, 2.05) is 76.2 Å². The number of benzene rings is 6. The third-order valence-electron chi connectivity index (χ3n) is 9.57. The van der Waals surface area contributed by atoms with Crippen molar-refractivity contribution in [3.8, 4) is 28.6 Å². The molecule has 6 aromatic carbocycles. The number of nitrogens with zero attached hydrogens (tertiary/aromatic N) is 4. The van der Waals surface area contributed by atoms with E-state index in [1.54, 1.807) is 12.1 Å². The van der Waals surface area contributed by atoms with Crippen molar-refractivity contribution in [2.45, 2.75) is 33.9 Å². The first-order valence-corrected chi connectivity index (χ1v) is 16.2. The first-order chi connectivity index (χ1) is 24.0. The average Bonchev–Trinajstić information content (AvgIpc) is 3.57. The second kappa shape index (κ2) is 11.1. The van der Waals surface area contributed by atoms with E-state index >= 15 is 0 Å². The monoisotopic (exact) mass is 658 g/mol. The van der Waals surface area contributed by atoms with Gasteiger partial charge in [0, 0.05) is 32.7 Å². The summed E-state index contributed by atoms with van der Waals surface area (Å²) in [5, 5.41) is 14.6. The van der Waals surface area contributed by atoms with E-state index in [0.717, 1.165) is 78.0 Å². The van der Waals surface area contributed by atoms with Crippen LogP contribution in [0.4, 0.5) is 18.9 Å². The van der Waals surface area contributed by atoms with Crippen molar-refractivity contribution < 1.29 is 13.2 Å². The number of halogens is 3. The van der Waals surface area contributed by atoms with Crippen molar-refractivity contribution in [3.05, 3.63) is 148 Å². The van der Waals surface area contributed by atoms with Gasteiger partial charge in [-0.15, -0.1) is 0 Å². The molecule has 0 amide bonds. The summed E-state index contributed by atoms with van der Waals surface area (Å²) in [6.45, 7) is 16.3. The molecule has 0 unspecified atom stereocenters. The molecule has 0 atom stereocenters. The summed E-state index contributed by atoms with van der Waals surface area (Å²) in [6.07, 6.45) is -4.63. The van der Waals surface area contributed by atoms with Crippen molar-refractivity contribution in [3.63, 3.8) is 0 Å². The minimum absolute atomic E-state index is 0.132. The SMILES string of the molecule is [C-]#[N+]c1cc(C(F)(F)F)ccc1-c1c(-n2c3ccc(C)cc3c3cc(C)ccc32)cc(C#N)cc1-n1c2ccc(C)cc2c2cc(C)ccc21. The van der Waals surface area contributed by atoms with Crippen molar-refractivity contribution in [2.75, 3.05) is 0 Å².